The van der Waals surface area contributed by atoms with E-state index in [-0.39, 0.29) is 5.25 Å². The second-order valence-corrected chi connectivity index (χ2v) is 7.82. The summed E-state index contributed by atoms with van der Waals surface area (Å²) in [7, 11) is 0. The minimum absolute atomic E-state index is 0.220. The number of nitrogens with zero attached hydrogens (tertiary/aromatic N) is 2. The fourth-order valence-electron chi connectivity index (χ4n) is 2.25. The molecule has 0 saturated heterocycles. The van der Waals surface area contributed by atoms with Gasteiger partial charge in [0.05, 0.1) is 5.25 Å². The van der Waals surface area contributed by atoms with Crippen molar-refractivity contribution in [2.75, 3.05) is 5.32 Å². The predicted molar refractivity (Wildman–Crippen MR) is 99.3 cm³/mol. The molecule has 0 atom stereocenters. The van der Waals surface area contributed by atoms with E-state index in [0.717, 1.165) is 9.47 Å². The average Bonchev–Trinajstić information content (AvgIpc) is 3.00. The zero-order chi connectivity index (χ0) is 16.1. The standard InChI is InChI=1S/C18H19N3S2/c1-13(2)19-17-20-21-18(23-17)22-16(14-9-5-3-6-10-14)15-11-7-4-8-12-15/h3-13,16H,1-2H3,(H,19,20). The highest BCUT2D eigenvalue weighted by Gasteiger charge is 2.18. The molecule has 0 amide bonds. The summed E-state index contributed by atoms with van der Waals surface area (Å²) in [5.74, 6) is 0. The van der Waals surface area contributed by atoms with Crippen molar-refractivity contribution in [3.63, 3.8) is 0 Å². The molecule has 1 aromatic heterocycles. The van der Waals surface area contributed by atoms with Crippen LogP contribution in [-0.2, 0) is 0 Å². The van der Waals surface area contributed by atoms with E-state index >= 15 is 0 Å². The highest BCUT2D eigenvalue weighted by molar-refractivity contribution is 8.01. The first-order valence-corrected chi connectivity index (χ1v) is 9.28. The first-order valence-electron chi connectivity index (χ1n) is 7.59. The van der Waals surface area contributed by atoms with Crippen molar-refractivity contribution in [3.05, 3.63) is 71.8 Å². The van der Waals surface area contributed by atoms with Crippen molar-refractivity contribution in [2.24, 2.45) is 0 Å². The Morgan fingerprint density at radius 1 is 0.870 bits per heavy atom. The Bertz CT molecular complexity index is 687. The number of thioether (sulfide) groups is 1. The molecular weight excluding hydrogens is 322 g/mol. The van der Waals surface area contributed by atoms with Crippen LogP contribution in [0.5, 0.6) is 0 Å². The topological polar surface area (TPSA) is 37.8 Å². The van der Waals surface area contributed by atoms with Crippen molar-refractivity contribution in [3.8, 4) is 0 Å². The van der Waals surface area contributed by atoms with Gasteiger partial charge in [-0.15, -0.1) is 10.2 Å². The molecule has 3 nitrogen and oxygen atoms in total. The van der Waals surface area contributed by atoms with Gasteiger partial charge in [-0.2, -0.15) is 0 Å². The molecule has 3 rings (SSSR count). The molecule has 1 heterocycles. The maximum Gasteiger partial charge on any atom is 0.206 e. The summed E-state index contributed by atoms with van der Waals surface area (Å²) in [6.07, 6.45) is 0. The summed E-state index contributed by atoms with van der Waals surface area (Å²) in [6.45, 7) is 4.20. The number of hydrogen-bond donors (Lipinski definition) is 1. The zero-order valence-electron chi connectivity index (χ0n) is 13.1. The molecule has 0 spiro atoms. The van der Waals surface area contributed by atoms with Crippen LogP contribution in [0.3, 0.4) is 0 Å². The molecule has 23 heavy (non-hydrogen) atoms. The fraction of sp³-hybridized carbons (Fsp3) is 0.222. The number of hydrogen-bond acceptors (Lipinski definition) is 5. The molecule has 5 heteroatoms. The minimum Gasteiger partial charge on any atom is -0.358 e. The Labute approximate surface area is 145 Å². The smallest absolute Gasteiger partial charge is 0.206 e. The number of anilines is 1. The van der Waals surface area contributed by atoms with Crippen LogP contribution in [-0.4, -0.2) is 16.2 Å². The third-order valence-corrected chi connectivity index (χ3v) is 5.49. The summed E-state index contributed by atoms with van der Waals surface area (Å²) < 4.78 is 0.978. The third kappa shape index (κ3) is 4.33. The lowest BCUT2D eigenvalue weighted by molar-refractivity contribution is 0.883. The Morgan fingerprint density at radius 2 is 1.43 bits per heavy atom. The van der Waals surface area contributed by atoms with Gasteiger partial charge in [-0.25, -0.2) is 0 Å². The van der Waals surface area contributed by atoms with Gasteiger partial charge < -0.3 is 5.32 Å². The summed E-state index contributed by atoms with van der Waals surface area (Å²) in [5.41, 5.74) is 2.55. The van der Waals surface area contributed by atoms with Crippen LogP contribution >= 0.6 is 23.1 Å². The largest absolute Gasteiger partial charge is 0.358 e. The van der Waals surface area contributed by atoms with Gasteiger partial charge in [0.2, 0.25) is 5.13 Å². The van der Waals surface area contributed by atoms with E-state index in [1.807, 2.05) is 12.1 Å². The Kier molecular flexibility index (Phi) is 5.31. The van der Waals surface area contributed by atoms with Gasteiger partial charge in [0.25, 0.3) is 0 Å². The Hall–Kier alpha value is -1.85. The molecule has 1 N–H and O–H groups in total. The van der Waals surface area contributed by atoms with Crippen molar-refractivity contribution in [1.29, 1.82) is 0 Å². The minimum atomic E-state index is 0.220. The molecule has 0 fully saturated rings. The van der Waals surface area contributed by atoms with E-state index in [2.05, 4.69) is 77.9 Å². The van der Waals surface area contributed by atoms with E-state index in [1.165, 1.54) is 11.1 Å². The molecular formula is C18H19N3S2. The molecule has 0 bridgehead atoms. The van der Waals surface area contributed by atoms with Gasteiger partial charge in [-0.3, -0.25) is 0 Å². The van der Waals surface area contributed by atoms with Crippen LogP contribution in [0.25, 0.3) is 0 Å². The summed E-state index contributed by atoms with van der Waals surface area (Å²) in [6, 6.07) is 21.4. The van der Waals surface area contributed by atoms with Crippen molar-refractivity contribution in [2.45, 2.75) is 29.5 Å². The van der Waals surface area contributed by atoms with Gasteiger partial charge in [0.1, 0.15) is 0 Å². The van der Waals surface area contributed by atoms with Crippen LogP contribution in [0.15, 0.2) is 65.0 Å². The van der Waals surface area contributed by atoms with Crippen molar-refractivity contribution < 1.29 is 0 Å². The van der Waals surface area contributed by atoms with Gasteiger partial charge in [-0.1, -0.05) is 83.8 Å². The number of aromatic nitrogens is 2. The molecule has 0 aliphatic rings. The van der Waals surface area contributed by atoms with E-state index in [1.54, 1.807) is 23.1 Å². The Morgan fingerprint density at radius 3 is 1.96 bits per heavy atom. The maximum atomic E-state index is 4.33. The second-order valence-electron chi connectivity index (χ2n) is 5.49. The van der Waals surface area contributed by atoms with Crippen LogP contribution in [0, 0.1) is 0 Å². The van der Waals surface area contributed by atoms with Crippen LogP contribution < -0.4 is 5.32 Å². The molecule has 0 saturated carbocycles. The molecule has 118 valence electrons. The third-order valence-electron chi connectivity index (χ3n) is 3.24. The number of nitrogens with one attached hydrogen (secondary N) is 1. The Balaban J connectivity index is 1.86. The summed E-state index contributed by atoms with van der Waals surface area (Å²) >= 11 is 3.36. The van der Waals surface area contributed by atoms with Crippen molar-refractivity contribution >= 4 is 28.2 Å². The summed E-state index contributed by atoms with van der Waals surface area (Å²) in [4.78, 5) is 0. The lowest BCUT2D eigenvalue weighted by atomic mass is 10.0. The summed E-state index contributed by atoms with van der Waals surface area (Å²) in [5, 5.41) is 13.0. The first-order chi connectivity index (χ1) is 11.2. The van der Waals surface area contributed by atoms with E-state index in [4.69, 9.17) is 0 Å². The van der Waals surface area contributed by atoms with Crippen LogP contribution in [0.2, 0.25) is 0 Å². The van der Waals surface area contributed by atoms with Crippen molar-refractivity contribution in [1.82, 2.24) is 10.2 Å². The highest BCUT2D eigenvalue weighted by Crippen LogP contribution is 2.42. The number of benzene rings is 2. The average molecular weight is 342 g/mol. The predicted octanol–water partition coefficient (Wildman–Crippen LogP) is 5.24. The quantitative estimate of drug-likeness (QED) is 0.622. The first kappa shape index (κ1) is 16.0. The lowest BCUT2D eigenvalue weighted by Crippen LogP contribution is -2.08. The molecule has 2 aromatic carbocycles. The van der Waals surface area contributed by atoms with Crippen LogP contribution in [0.1, 0.15) is 30.2 Å². The second kappa shape index (κ2) is 7.62. The van der Waals surface area contributed by atoms with Gasteiger partial charge in [-0.05, 0) is 25.0 Å². The van der Waals surface area contributed by atoms with E-state index in [0.29, 0.717) is 6.04 Å². The van der Waals surface area contributed by atoms with Crippen LogP contribution in [0.4, 0.5) is 5.13 Å². The maximum absolute atomic E-state index is 4.33. The zero-order valence-corrected chi connectivity index (χ0v) is 14.8. The van der Waals surface area contributed by atoms with E-state index < -0.39 is 0 Å². The molecule has 0 radical (unpaired) electrons. The van der Waals surface area contributed by atoms with Gasteiger partial charge in [0, 0.05) is 6.04 Å². The molecule has 3 aromatic rings. The highest BCUT2D eigenvalue weighted by atomic mass is 32.2. The number of rotatable bonds is 6. The molecule has 0 aliphatic carbocycles. The SMILES string of the molecule is CC(C)Nc1nnc(SC(c2ccccc2)c2ccccc2)s1. The molecule has 0 unspecified atom stereocenters. The fourth-order valence-corrected chi connectivity index (χ4v) is 4.46. The van der Waals surface area contributed by atoms with Gasteiger partial charge >= 0.3 is 0 Å². The lowest BCUT2D eigenvalue weighted by Gasteiger charge is -2.15. The molecule has 0 aliphatic heterocycles. The monoisotopic (exact) mass is 341 g/mol. The van der Waals surface area contributed by atoms with E-state index in [9.17, 15) is 0 Å². The van der Waals surface area contributed by atoms with Gasteiger partial charge in [0.15, 0.2) is 4.34 Å². The normalized spacial score (nSPS) is 11.1.